The van der Waals surface area contributed by atoms with Gasteiger partial charge in [-0.2, -0.15) is 5.10 Å². The van der Waals surface area contributed by atoms with Gasteiger partial charge in [0, 0.05) is 19.5 Å². The first kappa shape index (κ1) is 16.0. The van der Waals surface area contributed by atoms with Crippen molar-refractivity contribution in [2.24, 2.45) is 7.05 Å². The van der Waals surface area contributed by atoms with E-state index in [9.17, 15) is 4.39 Å². The normalized spacial score (nSPS) is 12.6. The Labute approximate surface area is 130 Å². The Kier molecular flexibility index (Phi) is 5.37. The lowest BCUT2D eigenvalue weighted by Crippen LogP contribution is -2.30. The first-order valence-corrected chi connectivity index (χ1v) is 7.54. The number of nitrogens with one attached hydrogen (secondary N) is 1. The number of likely N-dealkylation sites (N-methyl/N-ethyl adjacent to an activating group) is 1. The number of aryl methyl sites for hydroxylation is 2. The zero-order valence-electron chi connectivity index (χ0n) is 12.7. The van der Waals surface area contributed by atoms with Crippen molar-refractivity contribution in [3.8, 4) is 0 Å². The molecule has 2 rings (SSSR count). The van der Waals surface area contributed by atoms with Gasteiger partial charge in [0.2, 0.25) is 0 Å². The molecule has 0 spiro atoms. The van der Waals surface area contributed by atoms with Gasteiger partial charge in [0.25, 0.3) is 0 Å². The quantitative estimate of drug-likeness (QED) is 0.888. The maximum atomic E-state index is 13.3. The van der Waals surface area contributed by atoms with Crippen molar-refractivity contribution in [1.82, 2.24) is 15.1 Å². The van der Waals surface area contributed by atoms with E-state index in [1.807, 2.05) is 31.8 Å². The average molecular weight is 310 g/mol. The highest BCUT2D eigenvalue weighted by Crippen LogP contribution is 2.22. The van der Waals surface area contributed by atoms with Crippen LogP contribution in [-0.4, -0.2) is 22.9 Å². The summed E-state index contributed by atoms with van der Waals surface area (Å²) < 4.78 is 15.1. The molecule has 0 bridgehead atoms. The van der Waals surface area contributed by atoms with Gasteiger partial charge in [-0.15, -0.1) is 0 Å². The summed E-state index contributed by atoms with van der Waals surface area (Å²) in [6.07, 6.45) is 2.33. The second-order valence-electron chi connectivity index (χ2n) is 5.21. The molecule has 0 saturated carbocycles. The van der Waals surface area contributed by atoms with Crippen LogP contribution in [0.5, 0.6) is 0 Å². The molecule has 0 fully saturated rings. The summed E-state index contributed by atoms with van der Waals surface area (Å²) in [7, 11) is 3.82. The number of aromatic nitrogens is 2. The van der Waals surface area contributed by atoms with Crippen LogP contribution in [-0.2, 0) is 26.3 Å². The summed E-state index contributed by atoms with van der Waals surface area (Å²) in [6, 6.07) is 6.90. The standard InChI is InChI=1S/C16H21ClFN3/c1-4-14-16(17)15(21(3)20-14)10-13(19-2)9-11-6-5-7-12(18)8-11/h5-8,13,19H,4,9-10H2,1-3H3. The van der Waals surface area contributed by atoms with Crippen LogP contribution in [0.4, 0.5) is 4.39 Å². The maximum Gasteiger partial charge on any atom is 0.123 e. The van der Waals surface area contributed by atoms with Crippen LogP contribution in [0.1, 0.15) is 23.9 Å². The van der Waals surface area contributed by atoms with E-state index in [4.69, 9.17) is 11.6 Å². The Morgan fingerprint density at radius 2 is 2.14 bits per heavy atom. The van der Waals surface area contributed by atoms with Crippen LogP contribution in [0.2, 0.25) is 5.02 Å². The van der Waals surface area contributed by atoms with Crippen molar-refractivity contribution >= 4 is 11.6 Å². The molecular weight excluding hydrogens is 289 g/mol. The Morgan fingerprint density at radius 3 is 2.71 bits per heavy atom. The predicted molar refractivity (Wildman–Crippen MR) is 84.3 cm³/mol. The van der Waals surface area contributed by atoms with Crippen molar-refractivity contribution < 1.29 is 4.39 Å². The average Bonchev–Trinajstić information content (AvgIpc) is 2.73. The smallest absolute Gasteiger partial charge is 0.123 e. The molecule has 21 heavy (non-hydrogen) atoms. The van der Waals surface area contributed by atoms with Crippen LogP contribution in [0, 0.1) is 5.82 Å². The first-order chi connectivity index (χ1) is 10.0. The van der Waals surface area contributed by atoms with E-state index in [0.29, 0.717) is 0 Å². The van der Waals surface area contributed by atoms with E-state index in [1.165, 1.54) is 6.07 Å². The Balaban J connectivity index is 2.14. The molecule has 0 aliphatic rings. The molecule has 0 saturated heterocycles. The number of rotatable bonds is 6. The Hall–Kier alpha value is -1.39. The third-order valence-electron chi connectivity index (χ3n) is 3.72. The van der Waals surface area contributed by atoms with Gasteiger partial charge in [0.1, 0.15) is 5.82 Å². The zero-order valence-corrected chi connectivity index (χ0v) is 13.4. The minimum atomic E-state index is -0.200. The van der Waals surface area contributed by atoms with E-state index in [-0.39, 0.29) is 11.9 Å². The lowest BCUT2D eigenvalue weighted by atomic mass is 10.0. The highest BCUT2D eigenvalue weighted by molar-refractivity contribution is 6.31. The third-order valence-corrected chi connectivity index (χ3v) is 4.16. The highest BCUT2D eigenvalue weighted by Gasteiger charge is 2.17. The fourth-order valence-corrected chi connectivity index (χ4v) is 2.87. The fourth-order valence-electron chi connectivity index (χ4n) is 2.50. The topological polar surface area (TPSA) is 29.9 Å². The van der Waals surface area contributed by atoms with E-state index in [1.54, 1.807) is 12.1 Å². The summed E-state index contributed by atoms with van der Waals surface area (Å²) >= 11 is 6.39. The number of hydrogen-bond donors (Lipinski definition) is 1. The van der Waals surface area contributed by atoms with Crippen LogP contribution >= 0.6 is 11.6 Å². The molecule has 1 aromatic heterocycles. The lowest BCUT2D eigenvalue weighted by Gasteiger charge is -2.16. The molecule has 1 unspecified atom stereocenters. The van der Waals surface area contributed by atoms with Crippen LogP contribution in [0.15, 0.2) is 24.3 Å². The molecule has 1 atom stereocenters. The SMILES string of the molecule is CCc1nn(C)c(CC(Cc2cccc(F)c2)NC)c1Cl. The number of hydrogen-bond acceptors (Lipinski definition) is 2. The lowest BCUT2D eigenvalue weighted by molar-refractivity contribution is 0.531. The molecule has 0 aliphatic heterocycles. The summed E-state index contributed by atoms with van der Waals surface area (Å²) in [5, 5.41) is 8.46. The minimum Gasteiger partial charge on any atom is -0.316 e. The molecule has 1 heterocycles. The molecule has 5 heteroatoms. The van der Waals surface area contributed by atoms with Gasteiger partial charge in [-0.3, -0.25) is 4.68 Å². The molecule has 114 valence electrons. The molecule has 0 radical (unpaired) electrons. The summed E-state index contributed by atoms with van der Waals surface area (Å²) in [4.78, 5) is 0. The molecule has 3 nitrogen and oxygen atoms in total. The van der Waals surface area contributed by atoms with Gasteiger partial charge in [0.15, 0.2) is 0 Å². The van der Waals surface area contributed by atoms with E-state index >= 15 is 0 Å². The summed E-state index contributed by atoms with van der Waals surface area (Å²) in [6.45, 7) is 2.04. The van der Waals surface area contributed by atoms with Gasteiger partial charge in [0.05, 0.1) is 16.4 Å². The minimum absolute atomic E-state index is 0.185. The zero-order chi connectivity index (χ0) is 15.4. The van der Waals surface area contributed by atoms with Crippen molar-refractivity contribution in [1.29, 1.82) is 0 Å². The maximum absolute atomic E-state index is 13.3. The molecule has 0 amide bonds. The van der Waals surface area contributed by atoms with Crippen molar-refractivity contribution in [2.75, 3.05) is 7.05 Å². The third kappa shape index (κ3) is 3.83. The Morgan fingerprint density at radius 1 is 1.38 bits per heavy atom. The van der Waals surface area contributed by atoms with Gasteiger partial charge >= 0.3 is 0 Å². The molecule has 0 aliphatic carbocycles. The van der Waals surface area contributed by atoms with Gasteiger partial charge in [-0.05, 0) is 37.6 Å². The van der Waals surface area contributed by atoms with Crippen molar-refractivity contribution in [3.63, 3.8) is 0 Å². The van der Waals surface area contributed by atoms with E-state index in [0.717, 1.165) is 41.2 Å². The monoisotopic (exact) mass is 309 g/mol. The fraction of sp³-hybridized carbons (Fsp3) is 0.438. The summed E-state index contributed by atoms with van der Waals surface area (Å²) in [5.74, 6) is -0.200. The molecule has 1 N–H and O–H groups in total. The van der Waals surface area contributed by atoms with Gasteiger partial charge in [-0.25, -0.2) is 4.39 Å². The van der Waals surface area contributed by atoms with Crippen molar-refractivity contribution in [3.05, 3.63) is 52.1 Å². The number of benzene rings is 1. The number of halogens is 2. The largest absolute Gasteiger partial charge is 0.316 e. The van der Waals surface area contributed by atoms with E-state index < -0.39 is 0 Å². The molecule has 1 aromatic carbocycles. The molecule has 2 aromatic rings. The predicted octanol–water partition coefficient (Wildman–Crippen LogP) is 3.15. The second kappa shape index (κ2) is 7.05. The van der Waals surface area contributed by atoms with Gasteiger partial charge in [-0.1, -0.05) is 30.7 Å². The first-order valence-electron chi connectivity index (χ1n) is 7.17. The van der Waals surface area contributed by atoms with Gasteiger partial charge < -0.3 is 5.32 Å². The summed E-state index contributed by atoms with van der Waals surface area (Å²) in [5.41, 5.74) is 2.92. The van der Waals surface area contributed by atoms with Crippen molar-refractivity contribution in [2.45, 2.75) is 32.2 Å². The van der Waals surface area contributed by atoms with Crippen LogP contribution in [0.3, 0.4) is 0 Å². The Bertz CT molecular complexity index is 610. The van der Waals surface area contributed by atoms with Crippen LogP contribution in [0.25, 0.3) is 0 Å². The van der Waals surface area contributed by atoms with E-state index in [2.05, 4.69) is 10.4 Å². The molecular formula is C16H21ClFN3. The van der Waals surface area contributed by atoms with Crippen LogP contribution < -0.4 is 5.32 Å². The second-order valence-corrected chi connectivity index (χ2v) is 5.59. The number of nitrogens with zero attached hydrogens (tertiary/aromatic N) is 2. The highest BCUT2D eigenvalue weighted by atomic mass is 35.5.